The van der Waals surface area contributed by atoms with Gasteiger partial charge in [0.15, 0.2) is 5.65 Å². The van der Waals surface area contributed by atoms with Gasteiger partial charge in [0.1, 0.15) is 28.9 Å². The van der Waals surface area contributed by atoms with Crippen LogP contribution in [0.3, 0.4) is 0 Å². The lowest BCUT2D eigenvalue weighted by molar-refractivity contribution is -0.0217. The minimum atomic E-state index is -3.28. The van der Waals surface area contributed by atoms with E-state index >= 15 is 4.39 Å². The van der Waals surface area contributed by atoms with Gasteiger partial charge >= 0.3 is 12.2 Å². The van der Waals surface area contributed by atoms with E-state index < -0.39 is 47.0 Å². The molecule has 0 bridgehead atoms. The summed E-state index contributed by atoms with van der Waals surface area (Å²) in [5.74, 6) is -4.83. The summed E-state index contributed by atoms with van der Waals surface area (Å²) in [7, 11) is 0. The standard InChI is InChI=1S/C34H34F4N6O4/c1-32(2,3)47-30(45)44(31(46)48-33(4,5)6)29-40-26-17-21(15-16-42(26)41-29)24-9-8-10-25(27(24)36)22-18-39-43(19-22)28(34(7,37)38)20-11-13-23(35)14-12-20/h8-19,28H,1-7H3. The molecule has 0 saturated carbocycles. The molecule has 252 valence electrons. The van der Waals surface area contributed by atoms with Crippen molar-refractivity contribution in [3.05, 3.63) is 90.4 Å². The Labute approximate surface area is 273 Å². The molecule has 0 aliphatic heterocycles. The van der Waals surface area contributed by atoms with Gasteiger partial charge in [-0.05, 0) is 76.9 Å². The number of halogens is 4. The van der Waals surface area contributed by atoms with Gasteiger partial charge in [-0.2, -0.15) is 10.1 Å². The van der Waals surface area contributed by atoms with E-state index in [1.54, 1.807) is 53.7 Å². The van der Waals surface area contributed by atoms with E-state index in [2.05, 4.69) is 15.2 Å². The molecule has 3 heterocycles. The third-order valence-electron chi connectivity index (χ3n) is 6.83. The van der Waals surface area contributed by atoms with Crippen molar-refractivity contribution in [2.24, 2.45) is 0 Å². The molecule has 10 nitrogen and oxygen atoms in total. The first-order valence-electron chi connectivity index (χ1n) is 14.9. The molecule has 14 heteroatoms. The summed E-state index contributed by atoms with van der Waals surface area (Å²) in [6, 6.07) is 10.8. The van der Waals surface area contributed by atoms with Gasteiger partial charge in [0.05, 0.1) is 6.20 Å². The third-order valence-corrected chi connectivity index (χ3v) is 6.83. The van der Waals surface area contributed by atoms with E-state index in [-0.39, 0.29) is 33.8 Å². The first kappa shape index (κ1) is 34.1. The zero-order valence-electron chi connectivity index (χ0n) is 27.3. The second-order valence-electron chi connectivity index (χ2n) is 13.2. The van der Waals surface area contributed by atoms with Crippen LogP contribution >= 0.6 is 0 Å². The molecule has 1 unspecified atom stereocenters. The van der Waals surface area contributed by atoms with Crippen molar-refractivity contribution in [2.75, 3.05) is 4.90 Å². The fourth-order valence-electron chi connectivity index (χ4n) is 4.90. The monoisotopic (exact) mass is 666 g/mol. The lowest BCUT2D eigenvalue weighted by Crippen LogP contribution is -2.44. The van der Waals surface area contributed by atoms with Crippen molar-refractivity contribution in [2.45, 2.75) is 71.6 Å². The van der Waals surface area contributed by atoms with E-state index in [0.29, 0.717) is 10.5 Å². The second kappa shape index (κ2) is 12.4. The van der Waals surface area contributed by atoms with Crippen molar-refractivity contribution in [1.29, 1.82) is 0 Å². The fraction of sp³-hybridized carbons (Fsp3) is 0.324. The summed E-state index contributed by atoms with van der Waals surface area (Å²) < 4.78 is 72.2. The number of nitrogens with zero attached hydrogens (tertiary/aromatic N) is 6. The van der Waals surface area contributed by atoms with Crippen molar-refractivity contribution in [3.63, 3.8) is 0 Å². The number of hydrogen-bond acceptors (Lipinski definition) is 7. The number of imide groups is 1. The number of carbonyl (C=O) groups is 2. The van der Waals surface area contributed by atoms with Crippen LogP contribution in [0.4, 0.5) is 33.1 Å². The van der Waals surface area contributed by atoms with E-state index in [1.807, 2.05) is 0 Å². The fourth-order valence-corrected chi connectivity index (χ4v) is 4.90. The minimum Gasteiger partial charge on any atom is -0.443 e. The molecule has 0 radical (unpaired) electrons. The highest BCUT2D eigenvalue weighted by molar-refractivity contribution is 6.08. The quantitative estimate of drug-likeness (QED) is 0.168. The van der Waals surface area contributed by atoms with Gasteiger partial charge in [0.25, 0.3) is 11.9 Å². The lowest BCUT2D eigenvalue weighted by Gasteiger charge is -2.26. The highest BCUT2D eigenvalue weighted by Crippen LogP contribution is 2.37. The number of alkyl halides is 2. The SMILES string of the molecule is CC(C)(C)OC(=O)N(C(=O)OC(C)(C)C)c1nc2cc(-c3cccc(-c4cnn(C(c5ccc(F)cc5)C(C)(F)F)c4)c3F)ccn2n1. The van der Waals surface area contributed by atoms with Crippen molar-refractivity contribution < 1.29 is 36.6 Å². The molecule has 0 fully saturated rings. The van der Waals surface area contributed by atoms with Crippen LogP contribution in [0.25, 0.3) is 27.9 Å². The largest absolute Gasteiger partial charge is 0.443 e. The number of pyridine rings is 1. The van der Waals surface area contributed by atoms with E-state index in [9.17, 15) is 22.8 Å². The Morgan fingerprint density at radius 2 is 1.42 bits per heavy atom. The molecule has 5 aromatic rings. The number of anilines is 1. The molecular formula is C34H34F4N6O4. The van der Waals surface area contributed by atoms with Gasteiger partial charge in [0.2, 0.25) is 0 Å². The van der Waals surface area contributed by atoms with Crippen molar-refractivity contribution in [1.82, 2.24) is 24.4 Å². The summed E-state index contributed by atoms with van der Waals surface area (Å²) in [4.78, 5) is 31.0. The Morgan fingerprint density at radius 1 is 0.833 bits per heavy atom. The predicted octanol–water partition coefficient (Wildman–Crippen LogP) is 8.46. The van der Waals surface area contributed by atoms with Crippen LogP contribution in [0.5, 0.6) is 0 Å². The smallest absolute Gasteiger partial charge is 0.427 e. The summed E-state index contributed by atoms with van der Waals surface area (Å²) in [6.45, 7) is 10.6. The maximum Gasteiger partial charge on any atom is 0.427 e. The average molecular weight is 667 g/mol. The number of hydrogen-bond donors (Lipinski definition) is 0. The Bertz CT molecular complexity index is 1940. The number of ether oxygens (including phenoxy) is 2. The predicted molar refractivity (Wildman–Crippen MR) is 170 cm³/mol. The molecule has 0 saturated heterocycles. The lowest BCUT2D eigenvalue weighted by atomic mass is 10.00. The number of amides is 2. The van der Waals surface area contributed by atoms with Gasteiger partial charge in [-0.15, -0.1) is 10.00 Å². The summed E-state index contributed by atoms with van der Waals surface area (Å²) >= 11 is 0. The van der Waals surface area contributed by atoms with Crippen molar-refractivity contribution >= 4 is 23.8 Å². The average Bonchev–Trinajstić information content (AvgIpc) is 3.58. The van der Waals surface area contributed by atoms with Gasteiger partial charge in [-0.1, -0.05) is 30.3 Å². The molecule has 0 N–H and O–H groups in total. The molecule has 0 spiro atoms. The van der Waals surface area contributed by atoms with Crippen LogP contribution in [-0.2, 0) is 9.47 Å². The molecular weight excluding hydrogens is 632 g/mol. The molecule has 1 atom stereocenters. The van der Waals surface area contributed by atoms with E-state index in [0.717, 1.165) is 23.7 Å². The van der Waals surface area contributed by atoms with Crippen LogP contribution in [-0.4, -0.2) is 53.7 Å². The topological polar surface area (TPSA) is 104 Å². The number of benzene rings is 2. The molecule has 2 aromatic carbocycles. The van der Waals surface area contributed by atoms with Crippen LogP contribution in [0.1, 0.15) is 60.1 Å². The third kappa shape index (κ3) is 7.48. The normalized spacial score (nSPS) is 13.0. The number of fused-ring (bicyclic) bond motifs is 1. The molecule has 48 heavy (non-hydrogen) atoms. The highest BCUT2D eigenvalue weighted by Gasteiger charge is 2.38. The maximum absolute atomic E-state index is 16.1. The zero-order valence-corrected chi connectivity index (χ0v) is 27.3. The Kier molecular flexibility index (Phi) is 8.80. The summed E-state index contributed by atoms with van der Waals surface area (Å²) in [6.07, 6.45) is 1.97. The van der Waals surface area contributed by atoms with Crippen molar-refractivity contribution in [3.8, 4) is 22.3 Å². The molecule has 5 rings (SSSR count). The summed E-state index contributed by atoms with van der Waals surface area (Å²) in [5, 5.41) is 8.36. The molecule has 2 amide bonds. The van der Waals surface area contributed by atoms with Gasteiger partial charge in [0, 0.05) is 36.0 Å². The van der Waals surface area contributed by atoms with Crippen LogP contribution in [0.15, 0.2) is 73.2 Å². The van der Waals surface area contributed by atoms with E-state index in [4.69, 9.17) is 9.47 Å². The van der Waals surface area contributed by atoms with Crippen LogP contribution < -0.4 is 4.90 Å². The van der Waals surface area contributed by atoms with Crippen LogP contribution in [0.2, 0.25) is 0 Å². The Hall–Kier alpha value is -5.27. The number of rotatable bonds is 6. The summed E-state index contributed by atoms with van der Waals surface area (Å²) in [5.41, 5.74) is -0.724. The molecule has 0 aliphatic rings. The number of carbonyl (C=O) groups excluding carboxylic acids is 2. The Morgan fingerprint density at radius 3 is 1.98 bits per heavy atom. The first-order valence-corrected chi connectivity index (χ1v) is 14.9. The van der Waals surface area contributed by atoms with Gasteiger partial charge in [-0.25, -0.2) is 31.7 Å². The number of aromatic nitrogens is 5. The maximum atomic E-state index is 16.1. The highest BCUT2D eigenvalue weighted by atomic mass is 19.3. The first-order chi connectivity index (χ1) is 22.3. The van der Waals surface area contributed by atoms with Gasteiger partial charge in [-0.3, -0.25) is 4.68 Å². The minimum absolute atomic E-state index is 0.0964. The second-order valence-corrected chi connectivity index (χ2v) is 13.2. The van der Waals surface area contributed by atoms with Crippen LogP contribution in [0, 0.1) is 11.6 Å². The Balaban J connectivity index is 1.50. The zero-order chi connectivity index (χ0) is 35.2. The molecule has 0 aliphatic carbocycles. The molecule has 3 aromatic heterocycles. The van der Waals surface area contributed by atoms with E-state index in [1.165, 1.54) is 53.4 Å². The van der Waals surface area contributed by atoms with Gasteiger partial charge < -0.3 is 9.47 Å².